The van der Waals surface area contributed by atoms with Gasteiger partial charge in [0.05, 0.1) is 24.9 Å². The second-order valence-corrected chi connectivity index (χ2v) is 3.40. The van der Waals surface area contributed by atoms with Gasteiger partial charge in [0.15, 0.2) is 6.29 Å². The highest BCUT2D eigenvalue weighted by Gasteiger charge is 2.35. The van der Waals surface area contributed by atoms with Crippen LogP contribution in [0.15, 0.2) is 11.1 Å². The van der Waals surface area contributed by atoms with Crippen LogP contribution < -0.4 is 0 Å². The van der Waals surface area contributed by atoms with E-state index in [2.05, 4.69) is 0 Å². The predicted molar refractivity (Wildman–Crippen MR) is 45.2 cm³/mol. The first-order valence-electron chi connectivity index (χ1n) is 4.56. The molecule has 2 unspecified atom stereocenters. The molecule has 0 saturated heterocycles. The van der Waals surface area contributed by atoms with Crippen LogP contribution in [0.2, 0.25) is 0 Å². The number of carbonyl (C=O) groups is 1. The molecule has 0 amide bonds. The molecule has 0 spiro atoms. The van der Waals surface area contributed by atoms with Gasteiger partial charge in [-0.2, -0.15) is 0 Å². The Kier molecular flexibility index (Phi) is 2.54. The van der Waals surface area contributed by atoms with Crippen LogP contribution in [0.25, 0.3) is 0 Å². The molecule has 2 N–H and O–H groups in total. The maximum atomic E-state index is 11.3. The fraction of sp³-hybridized carbons (Fsp3) is 0.667. The van der Waals surface area contributed by atoms with Crippen molar-refractivity contribution in [3.05, 3.63) is 11.1 Å². The van der Waals surface area contributed by atoms with Crippen LogP contribution in [0.3, 0.4) is 0 Å². The topological polar surface area (TPSA) is 76.0 Å². The van der Waals surface area contributed by atoms with Gasteiger partial charge in [0.2, 0.25) is 0 Å². The van der Waals surface area contributed by atoms with Crippen LogP contribution in [-0.4, -0.2) is 41.8 Å². The Bertz CT molecular complexity index is 283. The van der Waals surface area contributed by atoms with Gasteiger partial charge in [-0.1, -0.05) is 0 Å². The Hall–Kier alpha value is -0.910. The molecular weight excluding hydrogens is 188 g/mol. The van der Waals surface area contributed by atoms with Gasteiger partial charge in [0, 0.05) is 6.42 Å². The van der Waals surface area contributed by atoms with Crippen molar-refractivity contribution in [3.8, 4) is 0 Å². The number of esters is 1. The average molecular weight is 200 g/mol. The number of hydrogen-bond acceptors (Lipinski definition) is 5. The summed E-state index contributed by atoms with van der Waals surface area (Å²) in [6.07, 6.45) is -0.533. The molecule has 2 rings (SSSR count). The molecule has 14 heavy (non-hydrogen) atoms. The quantitative estimate of drug-likeness (QED) is 0.549. The third-order valence-electron chi connectivity index (χ3n) is 2.48. The number of ether oxygens (including phenoxy) is 2. The molecule has 0 saturated carbocycles. The van der Waals surface area contributed by atoms with Gasteiger partial charge in [-0.05, 0) is 12.0 Å². The van der Waals surface area contributed by atoms with Gasteiger partial charge in [0.25, 0.3) is 0 Å². The van der Waals surface area contributed by atoms with Crippen LogP contribution in [0.1, 0.15) is 12.8 Å². The fourth-order valence-corrected chi connectivity index (χ4v) is 1.79. The van der Waals surface area contributed by atoms with Crippen molar-refractivity contribution in [1.29, 1.82) is 0 Å². The van der Waals surface area contributed by atoms with E-state index >= 15 is 0 Å². The minimum Gasteiger partial charge on any atom is -0.462 e. The van der Waals surface area contributed by atoms with Crippen molar-refractivity contribution in [2.45, 2.75) is 25.2 Å². The zero-order chi connectivity index (χ0) is 10.1. The molecule has 0 aromatic carbocycles. The Morgan fingerprint density at radius 2 is 2.29 bits per heavy atom. The van der Waals surface area contributed by atoms with Gasteiger partial charge in [-0.3, -0.25) is 0 Å². The summed E-state index contributed by atoms with van der Waals surface area (Å²) in [7, 11) is 0. The first-order chi connectivity index (χ1) is 6.72. The van der Waals surface area contributed by atoms with Crippen LogP contribution in [0.4, 0.5) is 0 Å². The predicted octanol–water partition coefficient (Wildman–Crippen LogP) is -0.671. The molecule has 0 radical (unpaired) electrons. The van der Waals surface area contributed by atoms with E-state index < -0.39 is 18.4 Å². The molecular formula is C9H12O5. The average Bonchev–Trinajstić information content (AvgIpc) is 2.17. The van der Waals surface area contributed by atoms with Gasteiger partial charge in [-0.15, -0.1) is 0 Å². The summed E-state index contributed by atoms with van der Waals surface area (Å²) in [5, 5.41) is 18.4. The molecule has 78 valence electrons. The van der Waals surface area contributed by atoms with E-state index in [1.165, 1.54) is 0 Å². The van der Waals surface area contributed by atoms with Crippen molar-refractivity contribution >= 4 is 5.97 Å². The minimum absolute atomic E-state index is 0.150. The number of aliphatic hydroxyl groups excluding tert-OH is 2. The normalized spacial score (nSPS) is 32.6. The Morgan fingerprint density at radius 1 is 1.50 bits per heavy atom. The first-order valence-corrected chi connectivity index (χ1v) is 4.56. The molecule has 2 atom stereocenters. The summed E-state index contributed by atoms with van der Waals surface area (Å²) >= 11 is 0. The van der Waals surface area contributed by atoms with Gasteiger partial charge in [-0.25, -0.2) is 4.79 Å². The molecule has 0 aromatic heterocycles. The van der Waals surface area contributed by atoms with Crippen molar-refractivity contribution in [3.63, 3.8) is 0 Å². The molecule has 2 aliphatic rings. The zero-order valence-corrected chi connectivity index (χ0v) is 7.60. The number of carbonyl (C=O) groups excluding carboxylic acids is 1. The third kappa shape index (κ3) is 1.54. The van der Waals surface area contributed by atoms with E-state index in [1.807, 2.05) is 0 Å². The van der Waals surface area contributed by atoms with Crippen molar-refractivity contribution in [1.82, 2.24) is 0 Å². The Balaban J connectivity index is 2.26. The van der Waals surface area contributed by atoms with Gasteiger partial charge >= 0.3 is 5.97 Å². The summed E-state index contributed by atoms with van der Waals surface area (Å²) < 4.78 is 9.81. The van der Waals surface area contributed by atoms with Crippen LogP contribution in [0, 0.1) is 0 Å². The summed E-state index contributed by atoms with van der Waals surface area (Å²) in [5.41, 5.74) is 1.07. The maximum Gasteiger partial charge on any atom is 0.339 e. The van der Waals surface area contributed by atoms with E-state index in [4.69, 9.17) is 14.6 Å². The maximum absolute atomic E-state index is 11.3. The summed E-state index contributed by atoms with van der Waals surface area (Å²) in [6, 6.07) is 0. The van der Waals surface area contributed by atoms with Crippen molar-refractivity contribution in [2.75, 3.05) is 13.2 Å². The first kappa shape index (κ1) is 9.64. The van der Waals surface area contributed by atoms with Crippen LogP contribution >= 0.6 is 0 Å². The number of rotatable bonds is 1. The van der Waals surface area contributed by atoms with Crippen molar-refractivity contribution in [2.24, 2.45) is 0 Å². The van der Waals surface area contributed by atoms with E-state index in [1.54, 1.807) is 0 Å². The summed E-state index contributed by atoms with van der Waals surface area (Å²) in [4.78, 5) is 11.3. The minimum atomic E-state index is -1.25. The standard InChI is InChI=1S/C9H12O5/c10-4-6-3-5-1-2-13-8(11)7(5)9(12)14-6/h6,9-10,12H,1-4H2. The molecule has 0 fully saturated rings. The highest BCUT2D eigenvalue weighted by molar-refractivity contribution is 5.91. The van der Waals surface area contributed by atoms with E-state index in [0.29, 0.717) is 19.4 Å². The number of hydrogen-bond donors (Lipinski definition) is 2. The van der Waals surface area contributed by atoms with Gasteiger partial charge < -0.3 is 19.7 Å². The lowest BCUT2D eigenvalue weighted by atomic mass is 9.94. The van der Waals surface area contributed by atoms with Gasteiger partial charge in [0.1, 0.15) is 0 Å². The number of aliphatic hydroxyl groups is 2. The summed E-state index contributed by atoms with van der Waals surface area (Å²) in [5.74, 6) is -0.505. The Labute approximate surface area is 80.9 Å². The number of cyclic esters (lactones) is 1. The zero-order valence-electron chi connectivity index (χ0n) is 7.60. The second-order valence-electron chi connectivity index (χ2n) is 3.40. The lowest BCUT2D eigenvalue weighted by molar-refractivity contribution is -0.161. The monoisotopic (exact) mass is 200 g/mol. The van der Waals surface area contributed by atoms with Crippen LogP contribution in [0.5, 0.6) is 0 Å². The van der Waals surface area contributed by atoms with E-state index in [-0.39, 0.29) is 12.2 Å². The molecule has 2 aliphatic heterocycles. The van der Waals surface area contributed by atoms with Crippen molar-refractivity contribution < 1.29 is 24.5 Å². The Morgan fingerprint density at radius 3 is 3.00 bits per heavy atom. The molecule has 0 bridgehead atoms. The lowest BCUT2D eigenvalue weighted by Gasteiger charge is -2.31. The smallest absolute Gasteiger partial charge is 0.339 e. The highest BCUT2D eigenvalue weighted by atomic mass is 16.6. The highest BCUT2D eigenvalue weighted by Crippen LogP contribution is 2.30. The molecule has 5 heteroatoms. The molecule has 2 heterocycles. The molecule has 0 aliphatic carbocycles. The van der Waals surface area contributed by atoms with E-state index in [9.17, 15) is 9.90 Å². The SMILES string of the molecule is O=C1OCCC2=C1C(O)OC(CO)C2. The fourth-order valence-electron chi connectivity index (χ4n) is 1.79. The largest absolute Gasteiger partial charge is 0.462 e. The molecule has 0 aromatic rings. The van der Waals surface area contributed by atoms with E-state index in [0.717, 1.165) is 5.57 Å². The lowest BCUT2D eigenvalue weighted by Crippen LogP contribution is -2.38. The molecule has 5 nitrogen and oxygen atoms in total. The summed E-state index contributed by atoms with van der Waals surface area (Å²) in [6.45, 7) is 0.200. The van der Waals surface area contributed by atoms with Crippen LogP contribution in [-0.2, 0) is 14.3 Å². The second kappa shape index (κ2) is 3.68. The third-order valence-corrected chi connectivity index (χ3v) is 2.48.